The van der Waals surface area contributed by atoms with E-state index in [1.807, 2.05) is 44.2 Å². The third-order valence-corrected chi connectivity index (χ3v) is 8.35. The fourth-order valence-electron chi connectivity index (χ4n) is 6.03. The van der Waals surface area contributed by atoms with Crippen molar-refractivity contribution in [2.45, 2.75) is 39.2 Å². The summed E-state index contributed by atoms with van der Waals surface area (Å²) in [5.41, 5.74) is 5.73. The fraction of sp³-hybridized carbons (Fsp3) is 0.333. The molecule has 2 aromatic heterocycles. The van der Waals surface area contributed by atoms with E-state index in [-0.39, 0.29) is 6.03 Å². The number of nitrogens with zero attached hydrogens (tertiary/aromatic N) is 6. The van der Waals surface area contributed by atoms with Gasteiger partial charge < -0.3 is 19.7 Å². The first-order chi connectivity index (χ1) is 20.9. The molecule has 0 atom stereocenters. The summed E-state index contributed by atoms with van der Waals surface area (Å²) in [7, 11) is 5.46. The van der Waals surface area contributed by atoms with Gasteiger partial charge in [-0.15, -0.1) is 0 Å². The number of aromatic nitrogens is 3. The lowest BCUT2D eigenvalue weighted by Gasteiger charge is -2.36. The summed E-state index contributed by atoms with van der Waals surface area (Å²) in [5.74, 6) is 3.22. The van der Waals surface area contributed by atoms with Crippen LogP contribution in [0, 0.1) is 13.8 Å². The normalized spacial score (nSPS) is 15.8. The number of nitrogens with one attached hydrogen (secondary N) is 1. The molecule has 0 unspecified atom stereocenters. The van der Waals surface area contributed by atoms with Gasteiger partial charge in [0.2, 0.25) is 5.95 Å². The highest BCUT2D eigenvalue weighted by Crippen LogP contribution is 2.39. The number of carbonyl (C=O) groups excluding carboxylic acids is 1. The zero-order valence-corrected chi connectivity index (χ0v) is 25.3. The summed E-state index contributed by atoms with van der Waals surface area (Å²) in [6.07, 6.45) is 5.59. The SMILES string of the molecule is COc1ccc(N2C(=O)N(c3c(C)cccc3C)Cc3cnc(Nc4ccc(C5CCN(C)CC5)c(OC)c4)nc32)nc1. The van der Waals surface area contributed by atoms with Crippen LogP contribution in [0.15, 0.2) is 60.9 Å². The summed E-state index contributed by atoms with van der Waals surface area (Å²) in [6, 6.07) is 15.5. The minimum absolute atomic E-state index is 0.239. The molecule has 10 heteroatoms. The molecule has 0 saturated carbocycles. The van der Waals surface area contributed by atoms with Gasteiger partial charge in [-0.05, 0) is 87.6 Å². The number of pyridine rings is 1. The Morgan fingerprint density at radius 2 is 1.70 bits per heavy atom. The van der Waals surface area contributed by atoms with Gasteiger partial charge in [-0.3, -0.25) is 4.90 Å². The van der Waals surface area contributed by atoms with Crippen LogP contribution in [0.25, 0.3) is 0 Å². The number of aryl methyl sites for hydroxylation is 2. The molecule has 2 aliphatic heterocycles. The molecule has 1 N–H and O–H groups in total. The highest BCUT2D eigenvalue weighted by atomic mass is 16.5. The van der Waals surface area contributed by atoms with E-state index in [0.29, 0.717) is 35.8 Å². The van der Waals surface area contributed by atoms with E-state index in [9.17, 15) is 4.79 Å². The van der Waals surface area contributed by atoms with Crippen LogP contribution in [0.5, 0.6) is 11.5 Å². The second-order valence-corrected chi connectivity index (χ2v) is 11.2. The summed E-state index contributed by atoms with van der Waals surface area (Å²) in [4.78, 5) is 33.9. The van der Waals surface area contributed by atoms with E-state index in [1.165, 1.54) is 5.56 Å². The number of piperidine rings is 1. The Kier molecular flexibility index (Phi) is 7.86. The third kappa shape index (κ3) is 5.58. The van der Waals surface area contributed by atoms with Gasteiger partial charge in [-0.1, -0.05) is 24.3 Å². The summed E-state index contributed by atoms with van der Waals surface area (Å²) >= 11 is 0. The van der Waals surface area contributed by atoms with E-state index in [1.54, 1.807) is 48.5 Å². The van der Waals surface area contributed by atoms with Gasteiger partial charge in [0, 0.05) is 23.5 Å². The highest BCUT2D eigenvalue weighted by Gasteiger charge is 2.36. The van der Waals surface area contributed by atoms with E-state index in [4.69, 9.17) is 14.5 Å². The Bertz CT molecular complexity index is 1610. The maximum atomic E-state index is 14.2. The smallest absolute Gasteiger partial charge is 0.336 e. The van der Waals surface area contributed by atoms with Crippen LogP contribution < -0.4 is 24.6 Å². The Morgan fingerprint density at radius 3 is 2.37 bits per heavy atom. The maximum absolute atomic E-state index is 14.2. The van der Waals surface area contributed by atoms with Crippen LogP contribution in [0.4, 0.5) is 33.8 Å². The van der Waals surface area contributed by atoms with Gasteiger partial charge >= 0.3 is 6.03 Å². The van der Waals surface area contributed by atoms with Gasteiger partial charge in [0.05, 0.1) is 32.6 Å². The third-order valence-electron chi connectivity index (χ3n) is 8.35. The Hall–Kier alpha value is -4.70. The molecule has 4 aromatic rings. The van der Waals surface area contributed by atoms with Gasteiger partial charge in [0.1, 0.15) is 17.3 Å². The number of hydrogen-bond acceptors (Lipinski definition) is 8. The molecular formula is C33H37N7O3. The number of anilines is 5. The van der Waals surface area contributed by atoms with Gasteiger partial charge in [0.15, 0.2) is 5.82 Å². The standard InChI is InChI=1S/C33H37N7O3/c1-21-7-6-8-22(2)30(21)39-20-24-18-35-32(37-31(24)40(33(39)41)29-12-10-26(42-4)19-34-29)36-25-9-11-27(28(17-25)43-5)23-13-15-38(3)16-14-23/h6-12,17-19,23H,13-16,20H2,1-5H3,(H,35,36,37). The number of para-hydroxylation sites is 1. The maximum Gasteiger partial charge on any atom is 0.336 e. The number of methoxy groups -OCH3 is 2. The molecule has 0 spiro atoms. The first kappa shape index (κ1) is 28.4. The molecular weight excluding hydrogens is 542 g/mol. The topological polar surface area (TPSA) is 96.0 Å². The zero-order chi connectivity index (χ0) is 30.1. The van der Waals surface area contributed by atoms with Crippen molar-refractivity contribution in [3.63, 3.8) is 0 Å². The monoisotopic (exact) mass is 579 g/mol. The molecule has 6 rings (SSSR count). The summed E-state index contributed by atoms with van der Waals surface area (Å²) in [5, 5.41) is 3.33. The fourth-order valence-corrected chi connectivity index (χ4v) is 6.03. The molecule has 4 heterocycles. The molecule has 2 aromatic carbocycles. The van der Waals surface area contributed by atoms with Crippen LogP contribution in [0.1, 0.15) is 41.0 Å². The van der Waals surface area contributed by atoms with Crippen molar-refractivity contribution in [2.24, 2.45) is 0 Å². The number of carbonyl (C=O) groups is 1. The number of benzene rings is 2. The minimum Gasteiger partial charge on any atom is -0.496 e. The lowest BCUT2D eigenvalue weighted by Crippen LogP contribution is -2.46. The van der Waals surface area contributed by atoms with E-state index >= 15 is 0 Å². The highest BCUT2D eigenvalue weighted by molar-refractivity contribution is 6.10. The van der Waals surface area contributed by atoms with Crippen molar-refractivity contribution >= 4 is 35.0 Å². The van der Waals surface area contributed by atoms with Gasteiger partial charge in [0.25, 0.3) is 0 Å². The average Bonchev–Trinajstić information content (AvgIpc) is 3.02. The number of amides is 2. The number of likely N-dealkylation sites (tertiary alicyclic amines) is 1. The van der Waals surface area contributed by atoms with Crippen molar-refractivity contribution in [3.8, 4) is 11.5 Å². The molecule has 1 saturated heterocycles. The molecule has 2 aliphatic rings. The minimum atomic E-state index is -0.239. The number of hydrogen-bond donors (Lipinski definition) is 1. The molecule has 0 bridgehead atoms. The predicted octanol–water partition coefficient (Wildman–Crippen LogP) is 6.34. The molecule has 43 heavy (non-hydrogen) atoms. The first-order valence-corrected chi connectivity index (χ1v) is 14.5. The van der Waals surface area contributed by atoms with E-state index in [0.717, 1.165) is 59.7 Å². The number of fused-ring (bicyclic) bond motifs is 1. The van der Waals surface area contributed by atoms with Crippen LogP contribution in [0.3, 0.4) is 0 Å². The Morgan fingerprint density at radius 1 is 0.930 bits per heavy atom. The Balaban J connectivity index is 1.35. The molecule has 0 aliphatic carbocycles. The van der Waals surface area contributed by atoms with Crippen LogP contribution >= 0.6 is 0 Å². The quantitative estimate of drug-likeness (QED) is 0.271. The lowest BCUT2D eigenvalue weighted by molar-refractivity contribution is 0.252. The molecule has 10 nitrogen and oxygen atoms in total. The average molecular weight is 580 g/mol. The zero-order valence-electron chi connectivity index (χ0n) is 25.3. The van der Waals surface area contributed by atoms with Crippen LogP contribution in [-0.4, -0.2) is 60.2 Å². The summed E-state index contributed by atoms with van der Waals surface area (Å²) < 4.78 is 11.1. The second kappa shape index (κ2) is 11.9. The molecule has 1 fully saturated rings. The summed E-state index contributed by atoms with van der Waals surface area (Å²) in [6.45, 7) is 6.52. The van der Waals surface area contributed by atoms with E-state index < -0.39 is 0 Å². The second-order valence-electron chi connectivity index (χ2n) is 11.2. The number of rotatable bonds is 7. The number of urea groups is 1. The molecule has 222 valence electrons. The van der Waals surface area contributed by atoms with Crippen LogP contribution in [0.2, 0.25) is 0 Å². The Labute approximate surface area is 252 Å². The largest absolute Gasteiger partial charge is 0.496 e. The van der Waals surface area contributed by atoms with Crippen molar-refractivity contribution in [1.29, 1.82) is 0 Å². The predicted molar refractivity (Wildman–Crippen MR) is 168 cm³/mol. The van der Waals surface area contributed by atoms with Crippen molar-refractivity contribution in [1.82, 2.24) is 19.9 Å². The number of ether oxygens (including phenoxy) is 2. The van der Waals surface area contributed by atoms with Gasteiger partial charge in [-0.2, -0.15) is 4.98 Å². The van der Waals surface area contributed by atoms with Gasteiger partial charge in [-0.25, -0.2) is 19.7 Å². The van der Waals surface area contributed by atoms with Crippen molar-refractivity contribution in [2.75, 3.05) is 49.5 Å². The lowest BCUT2D eigenvalue weighted by atomic mass is 9.89. The van der Waals surface area contributed by atoms with Crippen LogP contribution in [-0.2, 0) is 6.54 Å². The van der Waals surface area contributed by atoms with E-state index in [2.05, 4.69) is 33.3 Å². The van der Waals surface area contributed by atoms with Crippen molar-refractivity contribution < 1.29 is 14.3 Å². The first-order valence-electron chi connectivity index (χ1n) is 14.5. The molecule has 2 amide bonds. The molecule has 0 radical (unpaired) electrons. The van der Waals surface area contributed by atoms with Crippen molar-refractivity contribution in [3.05, 3.63) is 83.2 Å².